The standard InChI is InChI=1S/C26H25F3O5/c1-13(2)5-11-17-20(30)18(12-6-14(3)4)25-19(21(17)31)22(32)23(33)24(34-25)15-7-9-16(10-8-15)26(27,28)29/h5-10,30-31,33H,11-12H2,1-4H3. The van der Waals surface area contributed by atoms with Crippen LogP contribution in [0.5, 0.6) is 17.2 Å². The molecular formula is C26H25F3O5. The van der Waals surface area contributed by atoms with Crippen molar-refractivity contribution in [3.63, 3.8) is 0 Å². The SMILES string of the molecule is CC(C)=CCc1c(O)c(CC=C(C)C)c2oc(-c3ccc(C(F)(F)F)cc3)c(O)c(=O)c2c1O. The van der Waals surface area contributed by atoms with Crippen molar-refractivity contribution in [3.05, 3.63) is 74.5 Å². The smallest absolute Gasteiger partial charge is 0.416 e. The largest absolute Gasteiger partial charge is 0.507 e. The van der Waals surface area contributed by atoms with Crippen LogP contribution in [0.2, 0.25) is 0 Å². The maximum atomic E-state index is 13.1. The number of benzene rings is 2. The van der Waals surface area contributed by atoms with E-state index in [2.05, 4.69) is 0 Å². The predicted octanol–water partition coefficient (Wildman–Crippen LogP) is 6.61. The van der Waals surface area contributed by atoms with Gasteiger partial charge in [0.2, 0.25) is 11.2 Å². The molecule has 0 spiro atoms. The van der Waals surface area contributed by atoms with Crippen LogP contribution in [0.25, 0.3) is 22.3 Å². The van der Waals surface area contributed by atoms with Crippen LogP contribution < -0.4 is 5.43 Å². The van der Waals surface area contributed by atoms with Crippen molar-refractivity contribution in [2.24, 2.45) is 0 Å². The molecule has 5 nitrogen and oxygen atoms in total. The van der Waals surface area contributed by atoms with E-state index < -0.39 is 28.7 Å². The van der Waals surface area contributed by atoms with Crippen LogP contribution in [-0.4, -0.2) is 15.3 Å². The number of rotatable bonds is 5. The molecule has 180 valence electrons. The molecule has 0 unspecified atom stereocenters. The maximum absolute atomic E-state index is 13.1. The average molecular weight is 474 g/mol. The molecule has 3 rings (SSSR count). The van der Waals surface area contributed by atoms with E-state index in [1.807, 2.05) is 27.7 Å². The number of allylic oxidation sites excluding steroid dienone is 4. The van der Waals surface area contributed by atoms with Crippen LogP contribution in [-0.2, 0) is 19.0 Å². The van der Waals surface area contributed by atoms with Gasteiger partial charge in [0.15, 0.2) is 5.76 Å². The second-order valence-corrected chi connectivity index (χ2v) is 8.51. The first kappa shape index (κ1) is 25.0. The summed E-state index contributed by atoms with van der Waals surface area (Å²) in [5.41, 5.74) is 0.216. The van der Waals surface area contributed by atoms with Crippen LogP contribution in [0.1, 0.15) is 44.4 Å². The predicted molar refractivity (Wildman–Crippen MR) is 124 cm³/mol. The highest BCUT2D eigenvalue weighted by atomic mass is 19.4. The number of fused-ring (bicyclic) bond motifs is 1. The first-order valence-electron chi connectivity index (χ1n) is 10.5. The van der Waals surface area contributed by atoms with Crippen molar-refractivity contribution in [1.29, 1.82) is 0 Å². The molecule has 0 saturated carbocycles. The highest BCUT2D eigenvalue weighted by Crippen LogP contribution is 2.43. The third kappa shape index (κ3) is 4.81. The molecule has 0 radical (unpaired) electrons. The summed E-state index contributed by atoms with van der Waals surface area (Å²) >= 11 is 0. The van der Waals surface area contributed by atoms with Crippen molar-refractivity contribution in [3.8, 4) is 28.6 Å². The molecule has 8 heteroatoms. The van der Waals surface area contributed by atoms with E-state index in [0.717, 1.165) is 35.4 Å². The first-order valence-corrected chi connectivity index (χ1v) is 10.5. The molecule has 0 amide bonds. The Morgan fingerprint density at radius 3 is 1.88 bits per heavy atom. The van der Waals surface area contributed by atoms with Gasteiger partial charge in [0.1, 0.15) is 22.5 Å². The molecule has 0 aliphatic carbocycles. The Labute approximate surface area is 194 Å². The topological polar surface area (TPSA) is 90.9 Å². The van der Waals surface area contributed by atoms with Gasteiger partial charge in [-0.15, -0.1) is 0 Å². The number of aromatic hydroxyl groups is 3. The number of phenolic OH excluding ortho intramolecular Hbond substituents is 2. The fraction of sp³-hybridized carbons (Fsp3) is 0.269. The molecule has 0 aliphatic rings. The highest BCUT2D eigenvalue weighted by Gasteiger charge is 2.31. The number of hydrogen-bond acceptors (Lipinski definition) is 5. The molecule has 3 N–H and O–H groups in total. The van der Waals surface area contributed by atoms with E-state index in [0.29, 0.717) is 0 Å². The van der Waals surface area contributed by atoms with Crippen molar-refractivity contribution >= 4 is 11.0 Å². The van der Waals surface area contributed by atoms with Gasteiger partial charge in [0.05, 0.1) is 5.56 Å². The Hall–Kier alpha value is -3.68. The first-order chi connectivity index (χ1) is 15.8. The quantitative estimate of drug-likeness (QED) is 0.362. The number of hydrogen-bond donors (Lipinski definition) is 3. The van der Waals surface area contributed by atoms with E-state index in [1.165, 1.54) is 0 Å². The van der Waals surface area contributed by atoms with Gasteiger partial charge in [-0.1, -0.05) is 35.4 Å². The van der Waals surface area contributed by atoms with Gasteiger partial charge in [-0.25, -0.2) is 0 Å². The highest BCUT2D eigenvalue weighted by molar-refractivity contribution is 5.93. The fourth-order valence-electron chi connectivity index (χ4n) is 3.51. The van der Waals surface area contributed by atoms with Gasteiger partial charge < -0.3 is 19.7 Å². The van der Waals surface area contributed by atoms with E-state index in [4.69, 9.17) is 4.42 Å². The van der Waals surface area contributed by atoms with Crippen LogP contribution in [0.4, 0.5) is 13.2 Å². The summed E-state index contributed by atoms with van der Waals surface area (Å²) in [7, 11) is 0. The van der Waals surface area contributed by atoms with Crippen molar-refractivity contribution in [1.82, 2.24) is 0 Å². The van der Waals surface area contributed by atoms with Crippen LogP contribution in [0, 0.1) is 0 Å². The zero-order valence-corrected chi connectivity index (χ0v) is 19.2. The van der Waals surface area contributed by atoms with E-state index in [1.54, 1.807) is 12.2 Å². The van der Waals surface area contributed by atoms with Gasteiger partial charge in [0, 0.05) is 16.7 Å². The monoisotopic (exact) mass is 474 g/mol. The summed E-state index contributed by atoms with van der Waals surface area (Å²) in [5, 5.41) is 32.1. The summed E-state index contributed by atoms with van der Waals surface area (Å²) in [6, 6.07) is 3.76. The minimum atomic E-state index is -4.55. The molecule has 0 bridgehead atoms. The Balaban J connectivity index is 2.36. The molecule has 0 atom stereocenters. The van der Waals surface area contributed by atoms with Crippen LogP contribution in [0.15, 0.2) is 56.8 Å². The third-order valence-corrected chi connectivity index (χ3v) is 5.36. The lowest BCUT2D eigenvalue weighted by Gasteiger charge is -2.16. The Morgan fingerprint density at radius 2 is 1.38 bits per heavy atom. The lowest BCUT2D eigenvalue weighted by molar-refractivity contribution is -0.137. The summed E-state index contributed by atoms with van der Waals surface area (Å²) in [6.07, 6.45) is -0.697. The Morgan fingerprint density at radius 1 is 0.853 bits per heavy atom. The van der Waals surface area contributed by atoms with E-state index >= 15 is 0 Å². The normalized spacial score (nSPS) is 11.5. The zero-order chi connectivity index (χ0) is 25.4. The molecule has 0 fully saturated rings. The maximum Gasteiger partial charge on any atom is 0.416 e. The van der Waals surface area contributed by atoms with E-state index in [-0.39, 0.29) is 52.0 Å². The van der Waals surface area contributed by atoms with Gasteiger partial charge in [-0.05, 0) is 52.7 Å². The summed E-state index contributed by atoms with van der Waals surface area (Å²) < 4.78 is 44.6. The fourth-order valence-corrected chi connectivity index (χ4v) is 3.51. The minimum Gasteiger partial charge on any atom is -0.507 e. The number of halogens is 3. The van der Waals surface area contributed by atoms with E-state index in [9.17, 15) is 33.3 Å². The van der Waals surface area contributed by atoms with Crippen molar-refractivity contribution < 1.29 is 32.9 Å². The number of alkyl halides is 3. The molecule has 3 aromatic rings. The molecule has 0 saturated heterocycles. The zero-order valence-electron chi connectivity index (χ0n) is 19.2. The summed E-state index contributed by atoms with van der Waals surface area (Å²) in [5.74, 6) is -1.99. The molecule has 0 aliphatic heterocycles. The van der Waals surface area contributed by atoms with Gasteiger partial charge in [-0.3, -0.25) is 4.79 Å². The second kappa shape index (κ2) is 9.29. The Bertz CT molecular complexity index is 1350. The second-order valence-electron chi connectivity index (χ2n) is 8.51. The molecule has 34 heavy (non-hydrogen) atoms. The van der Waals surface area contributed by atoms with Crippen LogP contribution >= 0.6 is 0 Å². The molecule has 1 aromatic heterocycles. The van der Waals surface area contributed by atoms with Gasteiger partial charge in [-0.2, -0.15) is 13.2 Å². The Kier molecular flexibility index (Phi) is 6.82. The van der Waals surface area contributed by atoms with Gasteiger partial charge in [0.25, 0.3) is 0 Å². The average Bonchev–Trinajstić information content (AvgIpc) is 2.74. The third-order valence-electron chi connectivity index (χ3n) is 5.36. The van der Waals surface area contributed by atoms with Crippen molar-refractivity contribution in [2.75, 3.05) is 0 Å². The molecule has 1 heterocycles. The lowest BCUT2D eigenvalue weighted by atomic mass is 9.96. The number of phenols is 2. The van der Waals surface area contributed by atoms with Gasteiger partial charge >= 0.3 is 6.18 Å². The summed E-state index contributed by atoms with van der Waals surface area (Å²) in [6.45, 7) is 7.38. The summed E-state index contributed by atoms with van der Waals surface area (Å²) in [4.78, 5) is 13.1. The molecular weight excluding hydrogens is 449 g/mol. The van der Waals surface area contributed by atoms with Crippen LogP contribution in [0.3, 0.4) is 0 Å². The molecule has 2 aromatic carbocycles. The lowest BCUT2D eigenvalue weighted by Crippen LogP contribution is -2.07. The van der Waals surface area contributed by atoms with Crippen molar-refractivity contribution in [2.45, 2.75) is 46.7 Å². The minimum absolute atomic E-state index is 0.0326.